The average molecular weight is 371 g/mol. The molecular weight excluding hydrogens is 344 g/mol. The van der Waals surface area contributed by atoms with Gasteiger partial charge in [-0.25, -0.2) is 12.6 Å². The Bertz CT molecular complexity index is 645. The Morgan fingerprint density at radius 3 is 2.50 bits per heavy atom. The van der Waals surface area contributed by atoms with E-state index in [1.54, 1.807) is 6.08 Å². The van der Waals surface area contributed by atoms with Crippen molar-refractivity contribution in [2.75, 3.05) is 11.5 Å². The van der Waals surface area contributed by atoms with Gasteiger partial charge in [0.2, 0.25) is 10.0 Å². The van der Waals surface area contributed by atoms with Gasteiger partial charge in [-0.1, -0.05) is 50.1 Å². The molecule has 7 heteroatoms. The molecule has 0 aromatic heterocycles. The van der Waals surface area contributed by atoms with Crippen LogP contribution in [0.25, 0.3) is 0 Å². The molecule has 134 valence electrons. The first-order chi connectivity index (χ1) is 11.3. The lowest BCUT2D eigenvalue weighted by atomic mass is 10.3. The van der Waals surface area contributed by atoms with Crippen LogP contribution in [0.2, 0.25) is 0 Å². The fourth-order valence-corrected chi connectivity index (χ4v) is 3.84. The summed E-state index contributed by atoms with van der Waals surface area (Å²) >= 11 is 0. The Morgan fingerprint density at radius 1 is 1.21 bits per heavy atom. The maximum atomic E-state index is 11.9. The highest BCUT2D eigenvalue weighted by atomic mass is 32.2. The Morgan fingerprint density at radius 2 is 1.92 bits per heavy atom. The molecule has 0 radical (unpaired) electrons. The third-order valence-electron chi connectivity index (χ3n) is 2.64. The summed E-state index contributed by atoms with van der Waals surface area (Å²) in [5.41, 5.74) is 1.14. The third-order valence-corrected chi connectivity index (χ3v) is 5.22. The first-order valence-corrected chi connectivity index (χ1v) is 10.4. The quantitative estimate of drug-likeness (QED) is 0.490. The second-order valence-electron chi connectivity index (χ2n) is 4.77. The van der Waals surface area contributed by atoms with Crippen molar-refractivity contribution >= 4 is 21.0 Å². The zero-order valence-corrected chi connectivity index (χ0v) is 15.7. The van der Waals surface area contributed by atoms with Crippen molar-refractivity contribution in [3.63, 3.8) is 0 Å². The molecule has 0 spiro atoms. The Labute approximate surface area is 148 Å². The van der Waals surface area contributed by atoms with Crippen molar-refractivity contribution in [1.82, 2.24) is 9.44 Å². The van der Waals surface area contributed by atoms with Crippen LogP contribution in [0.1, 0.15) is 19.8 Å². The van der Waals surface area contributed by atoms with E-state index in [1.165, 1.54) is 18.2 Å². The van der Waals surface area contributed by atoms with Crippen LogP contribution in [-0.4, -0.2) is 24.1 Å². The van der Waals surface area contributed by atoms with Gasteiger partial charge in [-0.05, 0) is 31.9 Å². The van der Waals surface area contributed by atoms with E-state index < -0.39 is 21.0 Å². The lowest BCUT2D eigenvalue weighted by molar-refractivity contribution is 0.588. The normalized spacial score (nSPS) is 14.2. The van der Waals surface area contributed by atoms with Crippen molar-refractivity contribution < 1.29 is 12.6 Å². The van der Waals surface area contributed by atoms with Gasteiger partial charge in [0, 0.05) is 17.1 Å². The van der Waals surface area contributed by atoms with Crippen molar-refractivity contribution in [3.8, 4) is 0 Å². The van der Waals surface area contributed by atoms with Crippen LogP contribution in [0.4, 0.5) is 0 Å². The highest BCUT2D eigenvalue weighted by Crippen LogP contribution is 2.00. The van der Waals surface area contributed by atoms with E-state index in [-0.39, 0.29) is 17.9 Å². The second-order valence-corrected chi connectivity index (χ2v) is 7.92. The lowest BCUT2D eigenvalue weighted by Gasteiger charge is -2.09. The highest BCUT2D eigenvalue weighted by molar-refractivity contribution is 7.89. The SMILES string of the molecule is C=C/C=C\C/C=C(\C)NS(=O)CCCS(=O)(=O)N/C(C=C)=C/C=C. The molecule has 0 heterocycles. The molecule has 1 unspecified atom stereocenters. The largest absolute Gasteiger partial charge is 0.310 e. The van der Waals surface area contributed by atoms with E-state index in [4.69, 9.17) is 0 Å². The molecule has 0 aliphatic heterocycles. The Hall–Kier alpha value is -1.86. The zero-order valence-electron chi connectivity index (χ0n) is 14.0. The number of hydrogen-bond donors (Lipinski definition) is 2. The van der Waals surface area contributed by atoms with E-state index in [0.717, 1.165) is 5.70 Å². The molecule has 1 atom stereocenters. The van der Waals surface area contributed by atoms with E-state index in [1.807, 2.05) is 25.2 Å². The number of allylic oxidation sites excluding steroid dienone is 8. The Kier molecular flexibility index (Phi) is 11.6. The number of nitrogens with one attached hydrogen (secondary N) is 2. The fraction of sp³-hybridized carbons (Fsp3) is 0.294. The Balaban J connectivity index is 4.30. The molecule has 0 amide bonds. The molecule has 0 aliphatic carbocycles. The van der Waals surface area contributed by atoms with Crippen molar-refractivity contribution in [2.24, 2.45) is 0 Å². The maximum Gasteiger partial charge on any atom is 0.232 e. The van der Waals surface area contributed by atoms with Crippen LogP contribution in [0.15, 0.2) is 73.7 Å². The van der Waals surface area contributed by atoms with Crippen molar-refractivity contribution in [2.45, 2.75) is 19.8 Å². The summed E-state index contributed by atoms with van der Waals surface area (Å²) in [6.45, 7) is 12.4. The topological polar surface area (TPSA) is 75.3 Å². The second kappa shape index (κ2) is 12.5. The lowest BCUT2D eigenvalue weighted by Crippen LogP contribution is -2.27. The van der Waals surface area contributed by atoms with Gasteiger partial charge in [0.15, 0.2) is 0 Å². The molecule has 0 rings (SSSR count). The van der Waals surface area contributed by atoms with Gasteiger partial charge in [0.1, 0.15) is 11.0 Å². The van der Waals surface area contributed by atoms with Gasteiger partial charge < -0.3 is 4.72 Å². The van der Waals surface area contributed by atoms with E-state index in [9.17, 15) is 12.6 Å². The van der Waals surface area contributed by atoms with Crippen LogP contribution >= 0.6 is 0 Å². The van der Waals surface area contributed by atoms with Crippen LogP contribution in [0, 0.1) is 0 Å². The van der Waals surface area contributed by atoms with Crippen LogP contribution < -0.4 is 9.44 Å². The van der Waals surface area contributed by atoms with Crippen LogP contribution in [-0.2, 0) is 21.0 Å². The maximum absolute atomic E-state index is 11.9. The molecule has 0 saturated heterocycles. The summed E-state index contributed by atoms with van der Waals surface area (Å²) < 4.78 is 40.9. The average Bonchev–Trinajstić information content (AvgIpc) is 2.50. The summed E-state index contributed by atoms with van der Waals surface area (Å²) in [5.74, 6) is 0.122. The standard InChI is InChI=1S/C17H26N2O3S2/c1-5-8-9-10-13-16(4)18-23(20)14-11-15-24(21,22)19-17(7-3)12-6-2/h5-9,12-13,18-19H,1-3,10-11,14-15H2,4H3/b9-8-,16-13+,17-12+. The molecule has 5 nitrogen and oxygen atoms in total. The molecule has 0 bridgehead atoms. The van der Waals surface area contributed by atoms with E-state index >= 15 is 0 Å². The zero-order chi connectivity index (χ0) is 18.4. The number of rotatable bonds is 13. The van der Waals surface area contributed by atoms with Crippen LogP contribution in [0.3, 0.4) is 0 Å². The monoisotopic (exact) mass is 370 g/mol. The molecule has 0 aromatic carbocycles. The predicted octanol–water partition coefficient (Wildman–Crippen LogP) is 2.84. The fourth-order valence-electron chi connectivity index (χ4n) is 1.57. The summed E-state index contributed by atoms with van der Waals surface area (Å²) in [4.78, 5) is 0. The summed E-state index contributed by atoms with van der Waals surface area (Å²) in [7, 11) is -4.81. The first kappa shape index (κ1) is 22.1. The molecule has 0 aliphatic rings. The van der Waals surface area contributed by atoms with E-state index in [0.29, 0.717) is 12.1 Å². The van der Waals surface area contributed by atoms with Gasteiger partial charge in [0.25, 0.3) is 0 Å². The molecule has 0 fully saturated rings. The van der Waals surface area contributed by atoms with Gasteiger partial charge in [-0.15, -0.1) is 0 Å². The van der Waals surface area contributed by atoms with Gasteiger partial charge in [0.05, 0.1) is 5.75 Å². The summed E-state index contributed by atoms with van der Waals surface area (Å²) in [5, 5.41) is 0. The molecule has 24 heavy (non-hydrogen) atoms. The van der Waals surface area contributed by atoms with Gasteiger partial charge in [-0.3, -0.25) is 4.72 Å². The molecular formula is C17H26N2O3S2. The predicted molar refractivity (Wildman–Crippen MR) is 104 cm³/mol. The summed E-state index contributed by atoms with van der Waals surface area (Å²) in [6, 6.07) is 0. The van der Waals surface area contributed by atoms with E-state index in [2.05, 4.69) is 29.2 Å². The van der Waals surface area contributed by atoms with Crippen LogP contribution in [0.5, 0.6) is 0 Å². The van der Waals surface area contributed by atoms with Gasteiger partial charge in [-0.2, -0.15) is 0 Å². The highest BCUT2D eigenvalue weighted by Gasteiger charge is 2.11. The third kappa shape index (κ3) is 11.7. The minimum Gasteiger partial charge on any atom is -0.310 e. The minimum atomic E-state index is -3.49. The molecule has 2 N–H and O–H groups in total. The molecule has 0 saturated carbocycles. The molecule has 0 aromatic rings. The first-order valence-electron chi connectivity index (χ1n) is 7.39. The number of hydrogen-bond acceptors (Lipinski definition) is 3. The van der Waals surface area contributed by atoms with Gasteiger partial charge >= 0.3 is 0 Å². The number of sulfonamides is 1. The minimum absolute atomic E-state index is 0.117. The van der Waals surface area contributed by atoms with Crippen molar-refractivity contribution in [1.29, 1.82) is 0 Å². The van der Waals surface area contributed by atoms with Crippen molar-refractivity contribution in [3.05, 3.63) is 73.7 Å². The summed E-state index contributed by atoms with van der Waals surface area (Å²) in [6.07, 6.45) is 12.7. The smallest absolute Gasteiger partial charge is 0.232 e.